The summed E-state index contributed by atoms with van der Waals surface area (Å²) in [4.78, 5) is 16.9. The standard InChI is InChI=1S/C23H32N4O3/c1-17-14-18(2)27(24-17)13-10-25-8-11-26(12-9-25)21(28)16-29-20-7-5-6-19-15-23(3,4)30-22(19)20/h5-7,14H,8-13,15-16H2,1-4H3. The summed E-state index contributed by atoms with van der Waals surface area (Å²) in [6.45, 7) is 13.3. The molecule has 30 heavy (non-hydrogen) atoms. The number of nitrogens with zero attached hydrogens (tertiary/aromatic N) is 4. The van der Waals surface area contributed by atoms with E-state index in [1.807, 2.05) is 24.0 Å². The van der Waals surface area contributed by atoms with Crippen molar-refractivity contribution in [2.45, 2.75) is 46.3 Å². The number of hydrogen-bond donors (Lipinski definition) is 0. The van der Waals surface area contributed by atoms with Crippen LogP contribution in [0.4, 0.5) is 0 Å². The first-order chi connectivity index (χ1) is 14.3. The Hall–Kier alpha value is -2.54. The number of aromatic nitrogens is 2. The smallest absolute Gasteiger partial charge is 0.260 e. The Morgan fingerprint density at radius 2 is 1.93 bits per heavy atom. The second-order valence-electron chi connectivity index (χ2n) is 8.94. The third-order valence-electron chi connectivity index (χ3n) is 5.86. The highest BCUT2D eigenvalue weighted by atomic mass is 16.5. The number of benzene rings is 1. The van der Waals surface area contributed by atoms with Crippen LogP contribution in [0.15, 0.2) is 24.3 Å². The number of carbonyl (C=O) groups is 1. The Bertz CT molecular complexity index is 913. The van der Waals surface area contributed by atoms with Crippen LogP contribution in [0.25, 0.3) is 0 Å². The second kappa shape index (κ2) is 8.30. The SMILES string of the molecule is Cc1cc(C)n(CCN2CCN(C(=O)COc3cccc4c3OC(C)(C)C4)CC2)n1. The van der Waals surface area contributed by atoms with Crippen molar-refractivity contribution in [1.82, 2.24) is 19.6 Å². The van der Waals surface area contributed by atoms with Gasteiger partial charge in [0.15, 0.2) is 18.1 Å². The molecule has 0 aliphatic carbocycles. The van der Waals surface area contributed by atoms with Gasteiger partial charge in [-0.15, -0.1) is 0 Å². The molecular formula is C23H32N4O3. The van der Waals surface area contributed by atoms with E-state index in [-0.39, 0.29) is 18.1 Å². The number of carbonyl (C=O) groups excluding carboxylic acids is 1. The molecule has 3 heterocycles. The number of rotatable bonds is 6. The molecule has 1 aromatic heterocycles. The normalized spacial score (nSPS) is 18.2. The number of piperazine rings is 1. The molecular weight excluding hydrogens is 380 g/mol. The fourth-order valence-electron chi connectivity index (χ4n) is 4.29. The predicted octanol–water partition coefficient (Wildman–Crippen LogP) is 2.44. The summed E-state index contributed by atoms with van der Waals surface area (Å²) < 4.78 is 13.9. The molecule has 0 atom stereocenters. The molecule has 0 unspecified atom stereocenters. The number of amides is 1. The van der Waals surface area contributed by atoms with Crippen molar-refractivity contribution in [3.05, 3.63) is 41.2 Å². The summed E-state index contributed by atoms with van der Waals surface area (Å²) in [6.07, 6.45) is 0.854. The van der Waals surface area contributed by atoms with E-state index < -0.39 is 0 Å². The lowest BCUT2D eigenvalue weighted by Gasteiger charge is -2.34. The van der Waals surface area contributed by atoms with E-state index in [0.29, 0.717) is 5.75 Å². The van der Waals surface area contributed by atoms with Gasteiger partial charge in [0.2, 0.25) is 0 Å². The Morgan fingerprint density at radius 3 is 2.63 bits per heavy atom. The highest BCUT2D eigenvalue weighted by molar-refractivity contribution is 5.78. The maximum atomic E-state index is 12.7. The Kier molecular flexibility index (Phi) is 5.73. The molecule has 0 saturated carbocycles. The molecule has 4 rings (SSSR count). The van der Waals surface area contributed by atoms with Gasteiger partial charge in [0, 0.05) is 50.4 Å². The van der Waals surface area contributed by atoms with Gasteiger partial charge < -0.3 is 14.4 Å². The molecule has 1 saturated heterocycles. The molecule has 1 amide bonds. The van der Waals surface area contributed by atoms with E-state index in [1.165, 1.54) is 5.69 Å². The Labute approximate surface area is 178 Å². The monoisotopic (exact) mass is 412 g/mol. The molecule has 0 radical (unpaired) electrons. The number of fused-ring (bicyclic) bond motifs is 1. The maximum absolute atomic E-state index is 12.7. The van der Waals surface area contributed by atoms with Crippen LogP contribution in [0.3, 0.4) is 0 Å². The van der Waals surface area contributed by atoms with Crippen LogP contribution in [-0.4, -0.2) is 70.4 Å². The lowest BCUT2D eigenvalue weighted by molar-refractivity contribution is -0.135. The van der Waals surface area contributed by atoms with Crippen molar-refractivity contribution in [3.63, 3.8) is 0 Å². The Balaban J connectivity index is 1.24. The van der Waals surface area contributed by atoms with Gasteiger partial charge in [-0.05, 0) is 39.8 Å². The average molecular weight is 413 g/mol. The van der Waals surface area contributed by atoms with Gasteiger partial charge in [-0.25, -0.2) is 0 Å². The largest absolute Gasteiger partial charge is 0.483 e. The van der Waals surface area contributed by atoms with E-state index in [9.17, 15) is 4.79 Å². The maximum Gasteiger partial charge on any atom is 0.260 e. The van der Waals surface area contributed by atoms with Gasteiger partial charge in [-0.2, -0.15) is 5.10 Å². The summed E-state index contributed by atoms with van der Waals surface area (Å²) >= 11 is 0. The van der Waals surface area contributed by atoms with Crippen molar-refractivity contribution >= 4 is 5.91 Å². The van der Waals surface area contributed by atoms with Gasteiger partial charge in [-0.3, -0.25) is 14.4 Å². The number of aryl methyl sites for hydroxylation is 2. The molecule has 1 aromatic carbocycles. The number of ether oxygens (including phenoxy) is 2. The van der Waals surface area contributed by atoms with Crippen molar-refractivity contribution in [2.24, 2.45) is 0 Å². The van der Waals surface area contributed by atoms with Gasteiger partial charge in [0.25, 0.3) is 5.91 Å². The van der Waals surface area contributed by atoms with Crippen molar-refractivity contribution in [2.75, 3.05) is 39.3 Å². The van der Waals surface area contributed by atoms with E-state index in [4.69, 9.17) is 9.47 Å². The molecule has 1 fully saturated rings. The molecule has 7 heteroatoms. The first-order valence-corrected chi connectivity index (χ1v) is 10.8. The van der Waals surface area contributed by atoms with Crippen LogP contribution >= 0.6 is 0 Å². The highest BCUT2D eigenvalue weighted by Crippen LogP contribution is 2.41. The Morgan fingerprint density at radius 1 is 1.17 bits per heavy atom. The van der Waals surface area contributed by atoms with Gasteiger partial charge in [0.05, 0.1) is 12.2 Å². The summed E-state index contributed by atoms with van der Waals surface area (Å²) in [5.74, 6) is 1.47. The van der Waals surface area contributed by atoms with E-state index >= 15 is 0 Å². The summed E-state index contributed by atoms with van der Waals surface area (Å²) in [5, 5.41) is 4.52. The van der Waals surface area contributed by atoms with Crippen LogP contribution in [-0.2, 0) is 17.8 Å². The average Bonchev–Trinajstić information content (AvgIpc) is 3.21. The minimum absolute atomic E-state index is 0.0306. The molecule has 2 aromatic rings. The summed E-state index contributed by atoms with van der Waals surface area (Å²) in [5.41, 5.74) is 3.16. The zero-order chi connectivity index (χ0) is 21.3. The summed E-state index contributed by atoms with van der Waals surface area (Å²) in [6, 6.07) is 8.00. The lowest BCUT2D eigenvalue weighted by atomic mass is 10.0. The number of hydrogen-bond acceptors (Lipinski definition) is 5. The van der Waals surface area contributed by atoms with E-state index in [0.717, 1.165) is 62.7 Å². The van der Waals surface area contributed by atoms with E-state index in [2.05, 4.69) is 47.6 Å². The highest BCUT2D eigenvalue weighted by Gasteiger charge is 2.32. The molecule has 7 nitrogen and oxygen atoms in total. The summed E-state index contributed by atoms with van der Waals surface area (Å²) in [7, 11) is 0. The zero-order valence-electron chi connectivity index (χ0n) is 18.5. The van der Waals surface area contributed by atoms with E-state index in [1.54, 1.807) is 0 Å². The van der Waals surface area contributed by atoms with Crippen molar-refractivity contribution < 1.29 is 14.3 Å². The second-order valence-corrected chi connectivity index (χ2v) is 8.94. The molecule has 2 aliphatic heterocycles. The van der Waals surface area contributed by atoms with Gasteiger partial charge in [-0.1, -0.05) is 12.1 Å². The van der Waals surface area contributed by atoms with Crippen LogP contribution in [0.5, 0.6) is 11.5 Å². The molecule has 2 aliphatic rings. The fourth-order valence-corrected chi connectivity index (χ4v) is 4.29. The molecule has 0 spiro atoms. The minimum Gasteiger partial charge on any atom is -0.483 e. The van der Waals surface area contributed by atoms with Crippen molar-refractivity contribution in [1.29, 1.82) is 0 Å². The molecule has 0 bridgehead atoms. The lowest BCUT2D eigenvalue weighted by Crippen LogP contribution is -2.50. The van der Waals surface area contributed by atoms with Crippen LogP contribution < -0.4 is 9.47 Å². The number of para-hydroxylation sites is 1. The first-order valence-electron chi connectivity index (χ1n) is 10.8. The quantitative estimate of drug-likeness (QED) is 0.729. The van der Waals surface area contributed by atoms with Crippen LogP contribution in [0.1, 0.15) is 30.8 Å². The third-order valence-corrected chi connectivity index (χ3v) is 5.86. The third kappa shape index (κ3) is 4.61. The van der Waals surface area contributed by atoms with Gasteiger partial charge >= 0.3 is 0 Å². The predicted molar refractivity (Wildman–Crippen MR) is 115 cm³/mol. The molecule has 0 N–H and O–H groups in total. The minimum atomic E-state index is -0.227. The van der Waals surface area contributed by atoms with Crippen molar-refractivity contribution in [3.8, 4) is 11.5 Å². The van der Waals surface area contributed by atoms with Crippen LogP contribution in [0, 0.1) is 13.8 Å². The first kappa shape index (κ1) is 20.7. The fraction of sp³-hybridized carbons (Fsp3) is 0.565. The van der Waals surface area contributed by atoms with Gasteiger partial charge in [0.1, 0.15) is 5.60 Å². The molecule has 162 valence electrons. The topological polar surface area (TPSA) is 59.8 Å². The zero-order valence-corrected chi connectivity index (χ0v) is 18.5. The van der Waals surface area contributed by atoms with Crippen LogP contribution in [0.2, 0.25) is 0 Å².